The second kappa shape index (κ2) is 5.92. The highest BCUT2D eigenvalue weighted by atomic mass is 16.5. The Bertz CT molecular complexity index is 616. The first-order valence-electron chi connectivity index (χ1n) is 8.09. The molecular formula is C15H23N5O3. The summed E-state index contributed by atoms with van der Waals surface area (Å²) in [7, 11) is 0. The van der Waals surface area contributed by atoms with Gasteiger partial charge in [-0.25, -0.2) is 4.79 Å². The molecule has 2 aliphatic heterocycles. The molecule has 0 aromatic carbocycles. The van der Waals surface area contributed by atoms with E-state index in [2.05, 4.69) is 20.4 Å². The molecule has 8 heteroatoms. The van der Waals surface area contributed by atoms with Crippen LogP contribution in [-0.2, 0) is 11.3 Å². The molecule has 2 atom stereocenters. The topological polar surface area (TPSA) is 91.6 Å². The van der Waals surface area contributed by atoms with E-state index in [0.717, 1.165) is 25.9 Å². The lowest BCUT2D eigenvalue weighted by Gasteiger charge is -2.39. The molecule has 1 N–H and O–H groups in total. The minimum atomic E-state index is -0.823. The summed E-state index contributed by atoms with van der Waals surface area (Å²) in [4.78, 5) is 32.3. The van der Waals surface area contributed by atoms with E-state index in [0.29, 0.717) is 24.8 Å². The third-order valence-electron chi connectivity index (χ3n) is 4.87. The average molecular weight is 321 g/mol. The summed E-state index contributed by atoms with van der Waals surface area (Å²) in [5.41, 5.74) is -0.823. The van der Waals surface area contributed by atoms with E-state index < -0.39 is 5.54 Å². The molecule has 0 aliphatic carbocycles. The van der Waals surface area contributed by atoms with Crippen molar-refractivity contribution in [2.45, 2.75) is 45.7 Å². The highest BCUT2D eigenvalue weighted by Gasteiger charge is 2.52. The maximum Gasteiger partial charge on any atom is 0.325 e. The normalized spacial score (nSPS) is 29.2. The maximum atomic E-state index is 12.6. The Hall–Kier alpha value is -1.96. The number of imide groups is 1. The van der Waals surface area contributed by atoms with Crippen LogP contribution in [-0.4, -0.2) is 57.1 Å². The van der Waals surface area contributed by atoms with Crippen LogP contribution in [0.3, 0.4) is 0 Å². The van der Waals surface area contributed by atoms with Crippen molar-refractivity contribution < 1.29 is 14.1 Å². The lowest BCUT2D eigenvalue weighted by molar-refractivity contribution is -0.133. The molecule has 3 amide bonds. The highest BCUT2D eigenvalue weighted by Crippen LogP contribution is 2.32. The lowest BCUT2D eigenvalue weighted by Crippen LogP contribution is -2.55. The van der Waals surface area contributed by atoms with Crippen molar-refractivity contribution in [1.82, 2.24) is 25.3 Å². The lowest BCUT2D eigenvalue weighted by atomic mass is 9.80. The van der Waals surface area contributed by atoms with E-state index in [1.54, 1.807) is 6.92 Å². The van der Waals surface area contributed by atoms with Gasteiger partial charge in [0.25, 0.3) is 5.91 Å². The number of urea groups is 1. The van der Waals surface area contributed by atoms with Crippen molar-refractivity contribution in [3.63, 3.8) is 0 Å². The number of nitrogens with zero attached hydrogens (tertiary/aromatic N) is 4. The van der Waals surface area contributed by atoms with Crippen molar-refractivity contribution in [2.75, 3.05) is 19.6 Å². The maximum absolute atomic E-state index is 12.6. The number of likely N-dealkylation sites (N-methyl/N-ethyl adjacent to an activating group) is 1. The first kappa shape index (κ1) is 15.9. The fourth-order valence-electron chi connectivity index (χ4n) is 3.55. The first-order chi connectivity index (χ1) is 10.9. The number of aromatic nitrogens is 2. The molecule has 2 fully saturated rings. The first-order valence-corrected chi connectivity index (χ1v) is 8.09. The van der Waals surface area contributed by atoms with E-state index in [-0.39, 0.29) is 17.9 Å². The monoisotopic (exact) mass is 321 g/mol. The Labute approximate surface area is 135 Å². The molecule has 0 bridgehead atoms. The van der Waals surface area contributed by atoms with Gasteiger partial charge in [-0.3, -0.25) is 14.6 Å². The van der Waals surface area contributed by atoms with Gasteiger partial charge < -0.3 is 9.84 Å². The molecule has 0 saturated carbocycles. The van der Waals surface area contributed by atoms with E-state index in [4.69, 9.17) is 4.52 Å². The molecule has 126 valence electrons. The fourth-order valence-corrected chi connectivity index (χ4v) is 3.55. The molecule has 1 aromatic rings. The minimum Gasteiger partial charge on any atom is -0.338 e. The van der Waals surface area contributed by atoms with Gasteiger partial charge in [0.05, 0.1) is 6.54 Å². The summed E-state index contributed by atoms with van der Waals surface area (Å²) in [5, 5.41) is 6.70. The van der Waals surface area contributed by atoms with Gasteiger partial charge >= 0.3 is 6.03 Å². The van der Waals surface area contributed by atoms with Crippen LogP contribution in [0.4, 0.5) is 4.79 Å². The molecule has 8 nitrogen and oxygen atoms in total. The van der Waals surface area contributed by atoms with Crippen LogP contribution in [0.25, 0.3) is 0 Å². The number of hydrogen-bond acceptors (Lipinski definition) is 6. The van der Waals surface area contributed by atoms with Gasteiger partial charge in [-0.15, -0.1) is 0 Å². The summed E-state index contributed by atoms with van der Waals surface area (Å²) in [5.74, 6) is 1.17. The molecule has 3 heterocycles. The third kappa shape index (κ3) is 2.83. The van der Waals surface area contributed by atoms with Crippen molar-refractivity contribution in [1.29, 1.82) is 0 Å². The van der Waals surface area contributed by atoms with E-state index in [9.17, 15) is 9.59 Å². The summed E-state index contributed by atoms with van der Waals surface area (Å²) in [6, 6.07) is -0.287. The molecule has 0 unspecified atom stereocenters. The number of piperidine rings is 1. The molecular weight excluding hydrogens is 298 g/mol. The average Bonchev–Trinajstić information content (AvgIpc) is 3.02. The van der Waals surface area contributed by atoms with Gasteiger partial charge in [-0.1, -0.05) is 5.16 Å². The number of carbonyl (C=O) groups excluding carboxylic acids is 2. The van der Waals surface area contributed by atoms with Gasteiger partial charge in [-0.2, -0.15) is 4.98 Å². The highest BCUT2D eigenvalue weighted by molar-refractivity contribution is 6.07. The zero-order valence-corrected chi connectivity index (χ0v) is 13.8. The minimum absolute atomic E-state index is 0.0771. The Morgan fingerprint density at radius 3 is 2.83 bits per heavy atom. The van der Waals surface area contributed by atoms with Gasteiger partial charge in [0.15, 0.2) is 5.82 Å². The zero-order chi connectivity index (χ0) is 16.6. The van der Waals surface area contributed by atoms with Gasteiger partial charge in [0, 0.05) is 19.0 Å². The number of rotatable bonds is 4. The Morgan fingerprint density at radius 2 is 2.22 bits per heavy atom. The summed E-state index contributed by atoms with van der Waals surface area (Å²) in [6.07, 6.45) is 1.89. The molecule has 0 radical (unpaired) electrons. The van der Waals surface area contributed by atoms with Crippen LogP contribution < -0.4 is 5.32 Å². The Morgan fingerprint density at radius 1 is 1.43 bits per heavy atom. The number of aryl methyl sites for hydroxylation is 1. The van der Waals surface area contributed by atoms with Crippen molar-refractivity contribution in [3.8, 4) is 0 Å². The van der Waals surface area contributed by atoms with Crippen LogP contribution in [0.5, 0.6) is 0 Å². The standard InChI is InChI=1S/C15H23N5O3/c1-4-20-13(21)15(3,17-14(20)22)11-6-5-7-19(8-11)9-12-16-10(2)18-23-12/h11H,4-9H2,1-3H3,(H,17,22)/t11-,15+/m1/s1. The molecule has 1 aromatic heterocycles. The van der Waals surface area contributed by atoms with Crippen molar-refractivity contribution in [2.24, 2.45) is 5.92 Å². The number of hydrogen-bond donors (Lipinski definition) is 1. The summed E-state index contributed by atoms with van der Waals surface area (Å²) >= 11 is 0. The number of carbonyl (C=O) groups is 2. The van der Waals surface area contributed by atoms with Gasteiger partial charge in [-0.05, 0) is 40.2 Å². The van der Waals surface area contributed by atoms with Crippen molar-refractivity contribution in [3.05, 3.63) is 11.7 Å². The Kier molecular flexibility index (Phi) is 4.09. The second-order valence-electron chi connectivity index (χ2n) is 6.49. The SMILES string of the molecule is CCN1C(=O)N[C@@](C)([C@@H]2CCCN(Cc3nc(C)no3)C2)C1=O. The van der Waals surface area contributed by atoms with Crippen LogP contribution in [0, 0.1) is 12.8 Å². The molecule has 0 spiro atoms. The van der Waals surface area contributed by atoms with Crippen LogP contribution in [0.2, 0.25) is 0 Å². The fraction of sp³-hybridized carbons (Fsp3) is 0.733. The van der Waals surface area contributed by atoms with Gasteiger partial charge in [0.2, 0.25) is 5.89 Å². The molecule has 2 aliphatic rings. The summed E-state index contributed by atoms with van der Waals surface area (Å²) < 4.78 is 5.18. The number of amides is 3. The number of nitrogens with one attached hydrogen (secondary N) is 1. The van der Waals surface area contributed by atoms with E-state index in [1.165, 1.54) is 4.90 Å². The smallest absolute Gasteiger partial charge is 0.325 e. The Balaban J connectivity index is 1.71. The summed E-state index contributed by atoms with van der Waals surface area (Å²) in [6.45, 7) is 8.07. The van der Waals surface area contributed by atoms with Gasteiger partial charge in [0.1, 0.15) is 5.54 Å². The quantitative estimate of drug-likeness (QED) is 0.829. The van der Waals surface area contributed by atoms with E-state index in [1.807, 2.05) is 13.8 Å². The predicted molar refractivity (Wildman–Crippen MR) is 81.4 cm³/mol. The number of likely N-dealkylation sites (tertiary alicyclic amines) is 1. The predicted octanol–water partition coefficient (Wildman–Crippen LogP) is 0.920. The van der Waals surface area contributed by atoms with Crippen LogP contribution in [0.15, 0.2) is 4.52 Å². The zero-order valence-electron chi connectivity index (χ0n) is 13.8. The second-order valence-corrected chi connectivity index (χ2v) is 6.49. The molecule has 23 heavy (non-hydrogen) atoms. The third-order valence-corrected chi connectivity index (χ3v) is 4.87. The van der Waals surface area contributed by atoms with Crippen LogP contribution >= 0.6 is 0 Å². The van der Waals surface area contributed by atoms with E-state index >= 15 is 0 Å². The molecule has 2 saturated heterocycles. The molecule has 3 rings (SSSR count). The van der Waals surface area contributed by atoms with Crippen molar-refractivity contribution >= 4 is 11.9 Å². The van der Waals surface area contributed by atoms with Crippen LogP contribution in [0.1, 0.15) is 38.4 Å². The largest absolute Gasteiger partial charge is 0.338 e.